The fourth-order valence-corrected chi connectivity index (χ4v) is 2.04. The second-order valence-corrected chi connectivity index (χ2v) is 4.58. The third-order valence-electron chi connectivity index (χ3n) is 2.34. The summed E-state index contributed by atoms with van der Waals surface area (Å²) in [6, 6.07) is 3.96. The van der Waals surface area contributed by atoms with Crippen LogP contribution in [0.3, 0.4) is 0 Å². The number of rotatable bonds is 5. The Morgan fingerprint density at radius 2 is 1.94 bits per heavy atom. The summed E-state index contributed by atoms with van der Waals surface area (Å²) in [7, 11) is 0. The Bertz CT molecular complexity index is 477. The topological polar surface area (TPSA) is 121 Å². The van der Waals surface area contributed by atoms with Gasteiger partial charge in [0.1, 0.15) is 6.10 Å². The predicted molar refractivity (Wildman–Crippen MR) is 65.9 cm³/mol. The van der Waals surface area contributed by atoms with Crippen LogP contribution in [0.15, 0.2) is 22.7 Å². The molecule has 0 aliphatic rings. The van der Waals surface area contributed by atoms with E-state index in [-0.39, 0.29) is 17.5 Å². The minimum absolute atomic E-state index is 0.0437. The zero-order chi connectivity index (χ0) is 13.9. The first-order chi connectivity index (χ1) is 8.32. The summed E-state index contributed by atoms with van der Waals surface area (Å²) < 4.78 is 0.332. The van der Waals surface area contributed by atoms with E-state index in [0.29, 0.717) is 4.47 Å². The van der Waals surface area contributed by atoms with E-state index in [4.69, 9.17) is 10.8 Å². The lowest BCUT2D eigenvalue weighted by molar-refractivity contribution is -0.121. The molecule has 6 nitrogen and oxygen atoms in total. The number of carbonyl (C=O) groups is 2. The van der Waals surface area contributed by atoms with Crippen molar-refractivity contribution in [3.05, 3.63) is 33.8 Å². The molecule has 2 atom stereocenters. The number of aliphatic hydroxyl groups is 2. The molecule has 0 spiro atoms. The van der Waals surface area contributed by atoms with Crippen molar-refractivity contribution in [2.45, 2.75) is 18.6 Å². The van der Waals surface area contributed by atoms with E-state index in [2.05, 4.69) is 15.9 Å². The number of primary amides is 1. The summed E-state index contributed by atoms with van der Waals surface area (Å²) in [6.45, 7) is 0. The Morgan fingerprint density at radius 3 is 2.39 bits per heavy atom. The van der Waals surface area contributed by atoms with Gasteiger partial charge in [0.2, 0.25) is 5.91 Å². The zero-order valence-electron chi connectivity index (χ0n) is 9.21. The van der Waals surface area contributed by atoms with Crippen LogP contribution >= 0.6 is 15.9 Å². The normalized spacial score (nSPS) is 13.9. The van der Waals surface area contributed by atoms with Crippen LogP contribution in [0.5, 0.6) is 0 Å². The molecule has 1 rings (SSSR count). The lowest BCUT2D eigenvalue weighted by atomic mass is 10.0. The van der Waals surface area contributed by atoms with Crippen molar-refractivity contribution < 1.29 is 24.9 Å². The van der Waals surface area contributed by atoms with Gasteiger partial charge in [0.05, 0.1) is 18.1 Å². The number of nitrogens with two attached hydrogens (primary N) is 1. The molecule has 7 heteroatoms. The summed E-state index contributed by atoms with van der Waals surface area (Å²) in [5, 5.41) is 28.1. The number of hydrogen-bond donors (Lipinski definition) is 4. The van der Waals surface area contributed by atoms with Crippen molar-refractivity contribution in [1.82, 2.24) is 0 Å². The van der Waals surface area contributed by atoms with Crippen LogP contribution < -0.4 is 5.73 Å². The highest BCUT2D eigenvalue weighted by atomic mass is 79.9. The summed E-state index contributed by atoms with van der Waals surface area (Å²) in [6.07, 6.45) is -3.04. The summed E-state index contributed by atoms with van der Waals surface area (Å²) in [4.78, 5) is 21.4. The average Bonchev–Trinajstić information content (AvgIpc) is 2.26. The molecule has 1 amide bonds. The Kier molecular flexibility index (Phi) is 4.83. The molecule has 98 valence electrons. The molecule has 0 fully saturated rings. The molecule has 0 radical (unpaired) electrons. The van der Waals surface area contributed by atoms with Crippen LogP contribution in [0.4, 0.5) is 0 Å². The van der Waals surface area contributed by atoms with Gasteiger partial charge in [-0.15, -0.1) is 0 Å². The van der Waals surface area contributed by atoms with Crippen LogP contribution in [0.2, 0.25) is 0 Å². The van der Waals surface area contributed by atoms with Gasteiger partial charge in [-0.1, -0.05) is 22.0 Å². The van der Waals surface area contributed by atoms with E-state index in [1.807, 2.05) is 0 Å². The quantitative estimate of drug-likeness (QED) is 0.627. The van der Waals surface area contributed by atoms with Crippen molar-refractivity contribution in [3.63, 3.8) is 0 Å². The van der Waals surface area contributed by atoms with Crippen molar-refractivity contribution in [2.24, 2.45) is 5.73 Å². The molecule has 0 heterocycles. The van der Waals surface area contributed by atoms with Crippen molar-refractivity contribution in [2.75, 3.05) is 0 Å². The number of carbonyl (C=O) groups excluding carboxylic acids is 1. The maximum absolute atomic E-state index is 10.7. The first kappa shape index (κ1) is 14.6. The van der Waals surface area contributed by atoms with Gasteiger partial charge in [-0.05, 0) is 17.7 Å². The fourth-order valence-electron chi connectivity index (χ4n) is 1.43. The lowest BCUT2D eigenvalue weighted by Crippen LogP contribution is -2.25. The van der Waals surface area contributed by atoms with Gasteiger partial charge in [-0.2, -0.15) is 0 Å². The molecular weight excluding hydrogens is 306 g/mol. The second kappa shape index (κ2) is 5.94. The highest BCUT2D eigenvalue weighted by Gasteiger charge is 2.22. The molecule has 0 bridgehead atoms. The molecule has 0 aliphatic carbocycles. The first-order valence-corrected chi connectivity index (χ1v) is 5.79. The van der Waals surface area contributed by atoms with Crippen molar-refractivity contribution >= 4 is 27.8 Å². The standard InChI is InChI=1S/C11H12BrNO5/c12-7-3-5(11(17)18)1-2-6(7)10(16)8(14)4-9(13)15/h1-3,8,10,14,16H,4H2,(H2,13,15)(H,17,18). The lowest BCUT2D eigenvalue weighted by Gasteiger charge is -2.18. The van der Waals surface area contributed by atoms with E-state index in [9.17, 15) is 19.8 Å². The molecule has 0 saturated heterocycles. The van der Waals surface area contributed by atoms with E-state index in [1.54, 1.807) is 0 Å². The number of halogens is 1. The Morgan fingerprint density at radius 1 is 1.33 bits per heavy atom. The van der Waals surface area contributed by atoms with Crippen LogP contribution in [-0.2, 0) is 4.79 Å². The predicted octanol–water partition coefficient (Wildman–Crippen LogP) is 0.417. The van der Waals surface area contributed by atoms with Crippen molar-refractivity contribution in [1.29, 1.82) is 0 Å². The smallest absolute Gasteiger partial charge is 0.335 e. The molecule has 2 unspecified atom stereocenters. The monoisotopic (exact) mass is 317 g/mol. The average molecular weight is 318 g/mol. The van der Waals surface area contributed by atoms with Crippen LogP contribution in [0, 0.1) is 0 Å². The largest absolute Gasteiger partial charge is 0.478 e. The number of aliphatic hydroxyl groups excluding tert-OH is 2. The minimum atomic E-state index is -1.34. The fraction of sp³-hybridized carbons (Fsp3) is 0.273. The van der Waals surface area contributed by atoms with Crippen molar-refractivity contribution in [3.8, 4) is 0 Å². The van der Waals surface area contributed by atoms with E-state index >= 15 is 0 Å². The number of amides is 1. The maximum Gasteiger partial charge on any atom is 0.335 e. The third kappa shape index (κ3) is 3.52. The highest BCUT2D eigenvalue weighted by molar-refractivity contribution is 9.10. The Hall–Kier alpha value is -1.44. The number of aromatic carboxylic acids is 1. The number of hydrogen-bond acceptors (Lipinski definition) is 4. The maximum atomic E-state index is 10.7. The molecule has 18 heavy (non-hydrogen) atoms. The summed E-state index contributed by atoms with van der Waals surface area (Å²) in [5.74, 6) is -1.84. The van der Waals surface area contributed by atoms with Gasteiger partial charge < -0.3 is 21.1 Å². The molecule has 5 N–H and O–H groups in total. The van der Waals surface area contributed by atoms with Gasteiger partial charge in [0, 0.05) is 4.47 Å². The number of carboxylic acids is 1. The Labute approximate surface area is 111 Å². The summed E-state index contributed by atoms with van der Waals surface area (Å²) in [5.41, 5.74) is 5.24. The van der Waals surface area contributed by atoms with Crippen LogP contribution in [0.25, 0.3) is 0 Å². The highest BCUT2D eigenvalue weighted by Crippen LogP contribution is 2.27. The summed E-state index contributed by atoms with van der Waals surface area (Å²) >= 11 is 3.10. The van der Waals surface area contributed by atoms with Crippen LogP contribution in [0.1, 0.15) is 28.4 Å². The molecule has 0 aromatic heterocycles. The van der Waals surface area contributed by atoms with E-state index < -0.39 is 24.1 Å². The third-order valence-corrected chi connectivity index (χ3v) is 3.03. The van der Waals surface area contributed by atoms with Crippen LogP contribution in [-0.4, -0.2) is 33.3 Å². The Balaban J connectivity index is 2.96. The van der Waals surface area contributed by atoms with Gasteiger partial charge in [0.15, 0.2) is 0 Å². The first-order valence-electron chi connectivity index (χ1n) is 5.00. The van der Waals surface area contributed by atoms with E-state index in [0.717, 1.165) is 0 Å². The number of carboxylic acid groups (broad SMARTS) is 1. The molecular formula is C11H12BrNO5. The van der Waals surface area contributed by atoms with Gasteiger partial charge in [0.25, 0.3) is 0 Å². The van der Waals surface area contributed by atoms with Gasteiger partial charge in [-0.3, -0.25) is 4.79 Å². The second-order valence-electron chi connectivity index (χ2n) is 3.72. The zero-order valence-corrected chi connectivity index (χ0v) is 10.8. The molecule has 1 aromatic carbocycles. The van der Waals surface area contributed by atoms with Gasteiger partial charge >= 0.3 is 5.97 Å². The molecule has 1 aromatic rings. The minimum Gasteiger partial charge on any atom is -0.478 e. The molecule has 0 saturated carbocycles. The SMILES string of the molecule is NC(=O)CC(O)C(O)c1ccc(C(=O)O)cc1Br. The van der Waals surface area contributed by atoms with E-state index in [1.165, 1.54) is 18.2 Å². The van der Waals surface area contributed by atoms with Gasteiger partial charge in [-0.25, -0.2) is 4.79 Å². The molecule has 0 aliphatic heterocycles. The number of benzene rings is 1.